The lowest BCUT2D eigenvalue weighted by atomic mass is 10.1. The van der Waals surface area contributed by atoms with Crippen LogP contribution in [0, 0.1) is 0 Å². The quantitative estimate of drug-likeness (QED) is 0.595. The Kier molecular flexibility index (Phi) is 5.36. The van der Waals surface area contributed by atoms with Crippen LogP contribution in [0.25, 0.3) is 0 Å². The molecule has 15 heavy (non-hydrogen) atoms. The van der Waals surface area contributed by atoms with Crippen molar-refractivity contribution in [3.8, 4) is 0 Å². The van der Waals surface area contributed by atoms with E-state index in [4.69, 9.17) is 11.6 Å². The van der Waals surface area contributed by atoms with Crippen LogP contribution in [0.15, 0.2) is 12.7 Å². The Bertz CT molecular complexity index is 259. The second-order valence-corrected chi connectivity index (χ2v) is 4.32. The van der Waals surface area contributed by atoms with E-state index in [0.717, 1.165) is 0 Å². The Balaban J connectivity index is 4.56. The molecule has 0 saturated carbocycles. The standard InChI is InChI=1S/C10H17ClN2O2/c1-5-6-13(10(2,3)4)9(15)12-8(14)7-11/h5H,1,6-7H2,2-4H3,(H,12,14,15). The summed E-state index contributed by atoms with van der Waals surface area (Å²) in [5, 5.41) is 2.19. The Hall–Kier alpha value is -1.03. The number of hydrogen-bond acceptors (Lipinski definition) is 2. The van der Waals surface area contributed by atoms with Crippen LogP contribution in [0.1, 0.15) is 20.8 Å². The van der Waals surface area contributed by atoms with Gasteiger partial charge in [-0.1, -0.05) is 6.08 Å². The predicted molar refractivity (Wildman–Crippen MR) is 60.9 cm³/mol. The molecule has 86 valence electrons. The molecule has 3 amide bonds. The lowest BCUT2D eigenvalue weighted by Crippen LogP contribution is -2.52. The van der Waals surface area contributed by atoms with Crippen LogP contribution in [0.2, 0.25) is 0 Å². The Morgan fingerprint density at radius 3 is 2.33 bits per heavy atom. The van der Waals surface area contributed by atoms with Crippen LogP contribution >= 0.6 is 11.6 Å². The first-order chi connectivity index (χ1) is 6.82. The fourth-order valence-corrected chi connectivity index (χ4v) is 1.08. The number of hydrogen-bond donors (Lipinski definition) is 1. The minimum Gasteiger partial charge on any atom is -0.316 e. The van der Waals surface area contributed by atoms with Gasteiger partial charge in [0.05, 0.1) is 0 Å². The molecule has 0 aromatic rings. The molecule has 0 saturated heterocycles. The Morgan fingerprint density at radius 1 is 1.47 bits per heavy atom. The van der Waals surface area contributed by atoms with E-state index in [1.165, 1.54) is 4.90 Å². The van der Waals surface area contributed by atoms with Gasteiger partial charge < -0.3 is 4.90 Å². The van der Waals surface area contributed by atoms with Crippen LogP contribution in [-0.2, 0) is 4.79 Å². The molecule has 0 aromatic heterocycles. The summed E-state index contributed by atoms with van der Waals surface area (Å²) in [5.41, 5.74) is -0.370. The van der Waals surface area contributed by atoms with E-state index in [1.807, 2.05) is 20.8 Å². The van der Waals surface area contributed by atoms with Gasteiger partial charge in [-0.3, -0.25) is 10.1 Å². The first-order valence-electron chi connectivity index (χ1n) is 4.61. The summed E-state index contributed by atoms with van der Waals surface area (Å²) in [6.07, 6.45) is 1.61. The molecule has 0 bridgehead atoms. The van der Waals surface area contributed by atoms with Crippen molar-refractivity contribution in [2.45, 2.75) is 26.3 Å². The van der Waals surface area contributed by atoms with Gasteiger partial charge in [0.15, 0.2) is 0 Å². The van der Waals surface area contributed by atoms with Crippen molar-refractivity contribution in [1.82, 2.24) is 10.2 Å². The first kappa shape index (κ1) is 14.0. The first-order valence-corrected chi connectivity index (χ1v) is 5.14. The zero-order valence-electron chi connectivity index (χ0n) is 9.34. The van der Waals surface area contributed by atoms with E-state index in [0.29, 0.717) is 6.54 Å². The van der Waals surface area contributed by atoms with Crippen LogP contribution in [0.4, 0.5) is 4.79 Å². The average Bonchev–Trinajstić information content (AvgIpc) is 2.11. The minimum absolute atomic E-state index is 0.224. The number of nitrogens with zero attached hydrogens (tertiary/aromatic N) is 1. The molecule has 0 radical (unpaired) electrons. The van der Waals surface area contributed by atoms with Crippen molar-refractivity contribution in [3.63, 3.8) is 0 Å². The third kappa shape index (κ3) is 4.83. The SMILES string of the molecule is C=CCN(C(=O)NC(=O)CCl)C(C)(C)C. The molecule has 0 heterocycles. The number of nitrogens with one attached hydrogen (secondary N) is 1. The molecule has 0 spiro atoms. The van der Waals surface area contributed by atoms with Gasteiger partial charge >= 0.3 is 6.03 Å². The van der Waals surface area contributed by atoms with Gasteiger partial charge in [0, 0.05) is 12.1 Å². The predicted octanol–water partition coefficient (Wildman–Crippen LogP) is 1.75. The second-order valence-electron chi connectivity index (χ2n) is 4.06. The Labute approximate surface area is 95.3 Å². The fourth-order valence-electron chi connectivity index (χ4n) is 1.01. The van der Waals surface area contributed by atoms with E-state index in [2.05, 4.69) is 11.9 Å². The highest BCUT2D eigenvalue weighted by atomic mass is 35.5. The van der Waals surface area contributed by atoms with E-state index < -0.39 is 11.9 Å². The molecule has 0 aliphatic heterocycles. The molecule has 0 aliphatic carbocycles. The molecule has 0 aromatic carbocycles. The van der Waals surface area contributed by atoms with Gasteiger partial charge in [-0.2, -0.15) is 0 Å². The summed E-state index contributed by atoms with van der Waals surface area (Å²) in [5.74, 6) is -0.724. The zero-order chi connectivity index (χ0) is 12.1. The van der Waals surface area contributed by atoms with Crippen LogP contribution in [0.3, 0.4) is 0 Å². The average molecular weight is 233 g/mol. The highest BCUT2D eigenvalue weighted by Crippen LogP contribution is 2.12. The van der Waals surface area contributed by atoms with E-state index in [-0.39, 0.29) is 11.4 Å². The van der Waals surface area contributed by atoms with Crippen molar-refractivity contribution in [1.29, 1.82) is 0 Å². The summed E-state index contributed by atoms with van der Waals surface area (Å²) in [4.78, 5) is 24.1. The molecular formula is C10H17ClN2O2. The van der Waals surface area contributed by atoms with Gasteiger partial charge in [0.2, 0.25) is 5.91 Å². The summed E-state index contributed by atoms with van der Waals surface area (Å²) in [6, 6.07) is -0.451. The zero-order valence-corrected chi connectivity index (χ0v) is 10.1. The highest BCUT2D eigenvalue weighted by molar-refractivity contribution is 6.28. The summed E-state index contributed by atoms with van der Waals surface area (Å²) >= 11 is 5.29. The molecule has 0 fully saturated rings. The van der Waals surface area contributed by atoms with Crippen LogP contribution < -0.4 is 5.32 Å². The number of rotatable bonds is 3. The van der Waals surface area contributed by atoms with Crippen molar-refractivity contribution in [2.75, 3.05) is 12.4 Å². The van der Waals surface area contributed by atoms with Crippen LogP contribution in [-0.4, -0.2) is 34.8 Å². The number of amides is 3. The smallest absolute Gasteiger partial charge is 0.316 e. The maximum absolute atomic E-state index is 11.6. The van der Waals surface area contributed by atoms with Gasteiger partial charge in [-0.05, 0) is 20.8 Å². The highest BCUT2D eigenvalue weighted by Gasteiger charge is 2.26. The molecular weight excluding hydrogens is 216 g/mol. The molecule has 0 rings (SSSR count). The minimum atomic E-state index is -0.500. The number of halogens is 1. The lowest BCUT2D eigenvalue weighted by Gasteiger charge is -2.34. The second kappa shape index (κ2) is 5.75. The molecule has 4 nitrogen and oxygen atoms in total. The van der Waals surface area contributed by atoms with E-state index >= 15 is 0 Å². The Morgan fingerprint density at radius 2 is 2.00 bits per heavy atom. The van der Waals surface area contributed by atoms with E-state index in [9.17, 15) is 9.59 Å². The summed E-state index contributed by atoms with van der Waals surface area (Å²) in [7, 11) is 0. The number of imide groups is 1. The summed E-state index contributed by atoms with van der Waals surface area (Å²) in [6.45, 7) is 9.57. The molecule has 5 heteroatoms. The molecule has 0 aliphatic rings. The van der Waals surface area contributed by atoms with Gasteiger partial charge in [-0.25, -0.2) is 4.79 Å². The third-order valence-corrected chi connectivity index (χ3v) is 1.98. The monoisotopic (exact) mass is 232 g/mol. The maximum Gasteiger partial charge on any atom is 0.324 e. The number of carbonyl (C=O) groups excluding carboxylic acids is 2. The number of alkyl halides is 1. The van der Waals surface area contributed by atoms with Crippen molar-refractivity contribution in [2.24, 2.45) is 0 Å². The van der Waals surface area contributed by atoms with Crippen molar-refractivity contribution < 1.29 is 9.59 Å². The van der Waals surface area contributed by atoms with Gasteiger partial charge in [0.1, 0.15) is 5.88 Å². The fraction of sp³-hybridized carbons (Fsp3) is 0.600. The van der Waals surface area contributed by atoms with Gasteiger partial charge in [-0.15, -0.1) is 18.2 Å². The van der Waals surface area contributed by atoms with Crippen molar-refractivity contribution in [3.05, 3.63) is 12.7 Å². The molecule has 1 N–H and O–H groups in total. The van der Waals surface area contributed by atoms with Crippen LogP contribution in [0.5, 0.6) is 0 Å². The lowest BCUT2D eigenvalue weighted by molar-refractivity contribution is -0.117. The van der Waals surface area contributed by atoms with Crippen molar-refractivity contribution >= 4 is 23.5 Å². The molecule has 0 atom stereocenters. The van der Waals surface area contributed by atoms with Gasteiger partial charge in [0.25, 0.3) is 0 Å². The number of urea groups is 1. The topological polar surface area (TPSA) is 49.4 Å². The summed E-state index contributed by atoms with van der Waals surface area (Å²) < 4.78 is 0. The maximum atomic E-state index is 11.6. The normalized spacial score (nSPS) is 10.7. The molecule has 0 unspecified atom stereocenters. The third-order valence-electron chi connectivity index (χ3n) is 1.73. The van der Waals surface area contributed by atoms with E-state index in [1.54, 1.807) is 6.08 Å². The number of carbonyl (C=O) groups is 2. The largest absolute Gasteiger partial charge is 0.324 e.